The molecule has 0 bridgehead atoms. The normalized spacial score (nSPS) is 10.2. The Balaban J connectivity index is 2.73. The van der Waals surface area contributed by atoms with Gasteiger partial charge < -0.3 is 20.4 Å². The molecular weight excluding hydrogens is 208 g/mol. The van der Waals surface area contributed by atoms with E-state index in [-0.39, 0.29) is 34.1 Å². The monoisotopic (exact) mass is 218 g/mol. The summed E-state index contributed by atoms with van der Waals surface area (Å²) >= 11 is 0. The molecule has 0 aliphatic rings. The number of rotatable bonds is 1. The summed E-state index contributed by atoms with van der Waals surface area (Å²) in [6, 6.07) is 8.57. The van der Waals surface area contributed by atoms with Gasteiger partial charge in [-0.25, -0.2) is 0 Å². The van der Waals surface area contributed by atoms with Crippen molar-refractivity contribution >= 4 is 0 Å². The van der Waals surface area contributed by atoms with Crippen molar-refractivity contribution in [1.29, 1.82) is 0 Å². The second kappa shape index (κ2) is 3.66. The van der Waals surface area contributed by atoms with Gasteiger partial charge in [0.2, 0.25) is 0 Å². The molecule has 2 rings (SSSR count). The predicted molar refractivity (Wildman–Crippen MR) is 58.5 cm³/mol. The van der Waals surface area contributed by atoms with Gasteiger partial charge in [0.05, 0.1) is 5.56 Å². The molecule has 4 nitrogen and oxygen atoms in total. The fourth-order valence-corrected chi connectivity index (χ4v) is 1.54. The van der Waals surface area contributed by atoms with E-state index in [0.717, 1.165) is 0 Å². The molecule has 0 aromatic heterocycles. The first-order chi connectivity index (χ1) is 7.61. The Labute approximate surface area is 91.7 Å². The molecule has 4 heteroatoms. The lowest BCUT2D eigenvalue weighted by molar-refractivity contribution is 0.404. The van der Waals surface area contributed by atoms with Gasteiger partial charge in [0.15, 0.2) is 11.5 Å². The third kappa shape index (κ3) is 1.50. The molecule has 4 N–H and O–H groups in total. The van der Waals surface area contributed by atoms with Crippen molar-refractivity contribution < 1.29 is 20.4 Å². The summed E-state index contributed by atoms with van der Waals surface area (Å²) in [6.07, 6.45) is 0. The molecule has 0 fully saturated rings. The molecule has 0 unspecified atom stereocenters. The molecule has 0 saturated carbocycles. The highest BCUT2D eigenvalue weighted by atomic mass is 16.3. The first kappa shape index (κ1) is 10.2. The molecule has 2 aromatic carbocycles. The van der Waals surface area contributed by atoms with E-state index >= 15 is 0 Å². The SMILES string of the molecule is Oc1cccc(-c2c(O)cccc2O)c1O. The van der Waals surface area contributed by atoms with E-state index in [1.807, 2.05) is 0 Å². The number of para-hydroxylation sites is 1. The molecule has 0 aliphatic heterocycles. The van der Waals surface area contributed by atoms with E-state index < -0.39 is 0 Å². The summed E-state index contributed by atoms with van der Waals surface area (Å²) in [4.78, 5) is 0. The van der Waals surface area contributed by atoms with Gasteiger partial charge in [-0.2, -0.15) is 0 Å². The van der Waals surface area contributed by atoms with Crippen molar-refractivity contribution in [1.82, 2.24) is 0 Å². The average Bonchev–Trinajstić information content (AvgIpc) is 2.24. The number of hydrogen-bond acceptors (Lipinski definition) is 4. The lowest BCUT2D eigenvalue weighted by atomic mass is 10.0. The number of benzene rings is 2. The molecule has 0 spiro atoms. The second-order valence-electron chi connectivity index (χ2n) is 3.34. The fourth-order valence-electron chi connectivity index (χ4n) is 1.54. The Kier molecular flexibility index (Phi) is 2.32. The molecule has 0 aliphatic carbocycles. The lowest BCUT2D eigenvalue weighted by Crippen LogP contribution is -1.82. The summed E-state index contributed by atoms with van der Waals surface area (Å²) in [5, 5.41) is 38.2. The maximum atomic E-state index is 9.63. The van der Waals surface area contributed by atoms with Gasteiger partial charge in [0.25, 0.3) is 0 Å². The lowest BCUT2D eigenvalue weighted by Gasteiger charge is -2.09. The second-order valence-corrected chi connectivity index (χ2v) is 3.34. The zero-order chi connectivity index (χ0) is 11.7. The van der Waals surface area contributed by atoms with Gasteiger partial charge in [-0.15, -0.1) is 0 Å². The minimum absolute atomic E-state index is 0.0934. The van der Waals surface area contributed by atoms with Gasteiger partial charge in [-0.3, -0.25) is 0 Å². The van der Waals surface area contributed by atoms with Gasteiger partial charge in [-0.1, -0.05) is 18.2 Å². The number of phenols is 4. The molecule has 0 atom stereocenters. The summed E-state index contributed by atoms with van der Waals surface area (Å²) < 4.78 is 0. The topological polar surface area (TPSA) is 80.9 Å². The summed E-state index contributed by atoms with van der Waals surface area (Å²) in [5.74, 6) is -1.01. The first-order valence-electron chi connectivity index (χ1n) is 4.63. The van der Waals surface area contributed by atoms with E-state index in [0.29, 0.717) is 0 Å². The average molecular weight is 218 g/mol. The van der Waals surface area contributed by atoms with Crippen molar-refractivity contribution in [2.24, 2.45) is 0 Å². The molecule has 0 heterocycles. The molecule has 16 heavy (non-hydrogen) atoms. The highest BCUT2D eigenvalue weighted by molar-refractivity contribution is 5.81. The van der Waals surface area contributed by atoms with E-state index in [1.165, 1.54) is 36.4 Å². The Hall–Kier alpha value is -2.36. The highest BCUT2D eigenvalue weighted by Crippen LogP contribution is 2.44. The van der Waals surface area contributed by atoms with E-state index in [4.69, 9.17) is 0 Å². The van der Waals surface area contributed by atoms with E-state index in [2.05, 4.69) is 0 Å². The Morgan fingerprint density at radius 3 is 1.75 bits per heavy atom. The molecule has 0 saturated heterocycles. The van der Waals surface area contributed by atoms with Crippen LogP contribution in [0.1, 0.15) is 0 Å². The smallest absolute Gasteiger partial charge is 0.165 e. The number of phenolic OH excluding ortho intramolecular Hbond substituents is 4. The zero-order valence-corrected chi connectivity index (χ0v) is 8.25. The van der Waals surface area contributed by atoms with Crippen LogP contribution >= 0.6 is 0 Å². The standard InChI is InChI=1S/C12H10O4/c13-8-4-2-5-9(14)11(8)7-3-1-6-10(15)12(7)16/h1-6,13-16H. The fraction of sp³-hybridized carbons (Fsp3) is 0. The first-order valence-corrected chi connectivity index (χ1v) is 4.63. The minimum Gasteiger partial charge on any atom is -0.507 e. The molecule has 0 radical (unpaired) electrons. The Morgan fingerprint density at radius 2 is 1.12 bits per heavy atom. The minimum atomic E-state index is -0.376. The molecule has 0 amide bonds. The van der Waals surface area contributed by atoms with Crippen molar-refractivity contribution in [3.05, 3.63) is 36.4 Å². The van der Waals surface area contributed by atoms with Crippen LogP contribution in [0.3, 0.4) is 0 Å². The molecule has 2 aromatic rings. The van der Waals surface area contributed by atoms with E-state index in [1.54, 1.807) is 0 Å². The zero-order valence-electron chi connectivity index (χ0n) is 8.25. The van der Waals surface area contributed by atoms with Crippen molar-refractivity contribution in [3.8, 4) is 34.1 Å². The van der Waals surface area contributed by atoms with Crippen LogP contribution in [0.5, 0.6) is 23.0 Å². The quantitative estimate of drug-likeness (QED) is 0.553. The van der Waals surface area contributed by atoms with Crippen LogP contribution in [-0.4, -0.2) is 20.4 Å². The summed E-state index contributed by atoms with van der Waals surface area (Å²) in [5.41, 5.74) is 0.270. The van der Waals surface area contributed by atoms with E-state index in [9.17, 15) is 20.4 Å². The van der Waals surface area contributed by atoms with Gasteiger partial charge in [0, 0.05) is 5.56 Å². The Morgan fingerprint density at radius 1 is 0.625 bits per heavy atom. The summed E-state index contributed by atoms with van der Waals surface area (Å²) in [6.45, 7) is 0. The van der Waals surface area contributed by atoms with Gasteiger partial charge >= 0.3 is 0 Å². The molecular formula is C12H10O4. The van der Waals surface area contributed by atoms with Crippen LogP contribution in [0.2, 0.25) is 0 Å². The van der Waals surface area contributed by atoms with Gasteiger partial charge in [0.1, 0.15) is 11.5 Å². The van der Waals surface area contributed by atoms with Crippen LogP contribution in [0.4, 0.5) is 0 Å². The summed E-state index contributed by atoms with van der Waals surface area (Å²) in [7, 11) is 0. The third-order valence-electron chi connectivity index (χ3n) is 2.30. The molecule has 82 valence electrons. The maximum Gasteiger partial charge on any atom is 0.165 e. The number of aromatic hydroxyl groups is 4. The predicted octanol–water partition coefficient (Wildman–Crippen LogP) is 2.18. The van der Waals surface area contributed by atoms with Crippen LogP contribution in [-0.2, 0) is 0 Å². The number of hydrogen-bond donors (Lipinski definition) is 4. The highest BCUT2D eigenvalue weighted by Gasteiger charge is 2.15. The van der Waals surface area contributed by atoms with Crippen LogP contribution in [0.25, 0.3) is 11.1 Å². The van der Waals surface area contributed by atoms with Crippen molar-refractivity contribution in [2.75, 3.05) is 0 Å². The van der Waals surface area contributed by atoms with Crippen LogP contribution in [0, 0.1) is 0 Å². The van der Waals surface area contributed by atoms with Crippen LogP contribution < -0.4 is 0 Å². The largest absolute Gasteiger partial charge is 0.507 e. The van der Waals surface area contributed by atoms with Gasteiger partial charge in [-0.05, 0) is 18.2 Å². The maximum absolute atomic E-state index is 9.63. The Bertz CT molecular complexity index is 514. The van der Waals surface area contributed by atoms with Crippen molar-refractivity contribution in [3.63, 3.8) is 0 Å². The van der Waals surface area contributed by atoms with Crippen LogP contribution in [0.15, 0.2) is 36.4 Å². The third-order valence-corrected chi connectivity index (χ3v) is 2.30. The van der Waals surface area contributed by atoms with Crippen molar-refractivity contribution in [2.45, 2.75) is 0 Å².